The van der Waals surface area contributed by atoms with E-state index in [-0.39, 0.29) is 11.3 Å². The number of Topliss-reactive ketones (excluding diaryl/α,β-unsaturated/α-hetero) is 1. The minimum Gasteiger partial charge on any atom is -0.507 e. The molecule has 7 heteroatoms. The van der Waals surface area contributed by atoms with Crippen LogP contribution < -0.4 is 4.74 Å². The molecular formula is C23H26N2O5. The smallest absolute Gasteiger partial charge is 0.295 e. The fourth-order valence-corrected chi connectivity index (χ4v) is 3.46. The largest absolute Gasteiger partial charge is 0.507 e. The predicted molar refractivity (Wildman–Crippen MR) is 112 cm³/mol. The summed E-state index contributed by atoms with van der Waals surface area (Å²) >= 11 is 0. The number of carbonyl (C=O) groups excluding carboxylic acids is 2. The molecule has 1 atom stereocenters. The lowest BCUT2D eigenvalue weighted by atomic mass is 9.96. The van der Waals surface area contributed by atoms with Crippen molar-refractivity contribution in [2.45, 2.75) is 25.8 Å². The molecule has 0 saturated carbocycles. The van der Waals surface area contributed by atoms with Crippen LogP contribution in [0.5, 0.6) is 5.75 Å². The monoisotopic (exact) mass is 410 g/mol. The van der Waals surface area contributed by atoms with Gasteiger partial charge in [-0.25, -0.2) is 0 Å². The average Bonchev–Trinajstić information content (AvgIpc) is 3.03. The highest BCUT2D eigenvalue weighted by atomic mass is 16.5. The number of hydrogen-bond acceptors (Lipinski definition) is 6. The minimum absolute atomic E-state index is 0.0626. The van der Waals surface area contributed by atoms with Crippen molar-refractivity contribution in [3.05, 3.63) is 65.5 Å². The summed E-state index contributed by atoms with van der Waals surface area (Å²) in [5.74, 6) is -0.870. The second-order valence-electron chi connectivity index (χ2n) is 7.00. The Bertz CT molecular complexity index is 909. The quantitative estimate of drug-likeness (QED) is 0.295. The van der Waals surface area contributed by atoms with E-state index in [4.69, 9.17) is 9.47 Å². The van der Waals surface area contributed by atoms with Crippen LogP contribution in [-0.2, 0) is 14.3 Å². The lowest BCUT2D eigenvalue weighted by molar-refractivity contribution is -0.140. The Morgan fingerprint density at radius 3 is 2.57 bits per heavy atom. The first-order chi connectivity index (χ1) is 14.6. The van der Waals surface area contributed by atoms with Crippen LogP contribution in [0.15, 0.2) is 54.4 Å². The van der Waals surface area contributed by atoms with Crippen molar-refractivity contribution < 1.29 is 24.2 Å². The highest BCUT2D eigenvalue weighted by Crippen LogP contribution is 2.39. The van der Waals surface area contributed by atoms with Gasteiger partial charge >= 0.3 is 0 Å². The van der Waals surface area contributed by atoms with Crippen molar-refractivity contribution in [2.75, 3.05) is 26.9 Å². The summed E-state index contributed by atoms with van der Waals surface area (Å²) in [6, 6.07) is 9.66. The number of carbonyl (C=O) groups is 2. The van der Waals surface area contributed by atoms with Gasteiger partial charge in [0.25, 0.3) is 11.7 Å². The van der Waals surface area contributed by atoms with Gasteiger partial charge in [-0.3, -0.25) is 14.6 Å². The molecule has 30 heavy (non-hydrogen) atoms. The van der Waals surface area contributed by atoms with Gasteiger partial charge in [0.2, 0.25) is 0 Å². The minimum atomic E-state index is -0.704. The lowest BCUT2D eigenvalue weighted by Crippen LogP contribution is -2.31. The summed E-state index contributed by atoms with van der Waals surface area (Å²) in [4.78, 5) is 31.2. The summed E-state index contributed by atoms with van der Waals surface area (Å²) in [5.41, 5.74) is 1.17. The van der Waals surface area contributed by atoms with Crippen LogP contribution in [0.25, 0.3) is 5.76 Å². The van der Waals surface area contributed by atoms with E-state index in [1.807, 2.05) is 6.92 Å². The van der Waals surface area contributed by atoms with E-state index in [2.05, 4.69) is 4.98 Å². The Kier molecular flexibility index (Phi) is 7.19. The fraction of sp³-hybridized carbons (Fsp3) is 0.348. The molecule has 0 radical (unpaired) electrons. The number of aliphatic hydroxyl groups excluding tert-OH is 1. The summed E-state index contributed by atoms with van der Waals surface area (Å²) in [6.45, 7) is 3.41. The molecule has 1 aliphatic heterocycles. The molecule has 1 aliphatic rings. The fourth-order valence-electron chi connectivity index (χ4n) is 3.46. The van der Waals surface area contributed by atoms with Crippen LogP contribution in [-0.4, -0.2) is 53.5 Å². The lowest BCUT2D eigenvalue weighted by Gasteiger charge is -2.25. The first-order valence-corrected chi connectivity index (χ1v) is 9.99. The van der Waals surface area contributed by atoms with Gasteiger partial charge in [-0.15, -0.1) is 0 Å². The molecule has 1 N–H and O–H groups in total. The molecule has 1 unspecified atom stereocenters. The van der Waals surface area contributed by atoms with Gasteiger partial charge in [-0.2, -0.15) is 0 Å². The molecular weight excluding hydrogens is 384 g/mol. The number of pyridine rings is 1. The third-order valence-electron chi connectivity index (χ3n) is 4.89. The summed E-state index contributed by atoms with van der Waals surface area (Å²) in [7, 11) is 1.58. The van der Waals surface area contributed by atoms with E-state index >= 15 is 0 Å². The maximum Gasteiger partial charge on any atom is 0.295 e. The first kappa shape index (κ1) is 21.5. The number of nitrogens with zero attached hydrogens (tertiary/aromatic N) is 2. The second-order valence-corrected chi connectivity index (χ2v) is 7.00. The van der Waals surface area contributed by atoms with Crippen LogP contribution >= 0.6 is 0 Å². The van der Waals surface area contributed by atoms with Crippen molar-refractivity contribution >= 4 is 17.4 Å². The summed E-state index contributed by atoms with van der Waals surface area (Å²) < 4.78 is 10.6. The topological polar surface area (TPSA) is 89.0 Å². The molecule has 1 fully saturated rings. The number of methoxy groups -OCH3 is 1. The highest BCUT2D eigenvalue weighted by molar-refractivity contribution is 6.46. The van der Waals surface area contributed by atoms with Gasteiger partial charge in [0.1, 0.15) is 11.5 Å². The Morgan fingerprint density at radius 2 is 1.93 bits per heavy atom. The molecule has 0 bridgehead atoms. The zero-order valence-corrected chi connectivity index (χ0v) is 17.2. The van der Waals surface area contributed by atoms with Gasteiger partial charge in [0.05, 0.1) is 18.2 Å². The Hall–Kier alpha value is -3.19. The Labute approximate surface area is 175 Å². The zero-order chi connectivity index (χ0) is 21.5. The van der Waals surface area contributed by atoms with E-state index in [0.717, 1.165) is 6.42 Å². The van der Waals surface area contributed by atoms with Gasteiger partial charge < -0.3 is 19.5 Å². The number of aliphatic hydroxyl groups is 1. The average molecular weight is 410 g/mol. The van der Waals surface area contributed by atoms with Crippen LogP contribution in [0, 0.1) is 0 Å². The Morgan fingerprint density at radius 1 is 1.17 bits per heavy atom. The van der Waals surface area contributed by atoms with E-state index in [1.54, 1.807) is 55.9 Å². The molecule has 0 aliphatic carbocycles. The molecule has 1 amide bonds. The van der Waals surface area contributed by atoms with Crippen molar-refractivity contribution in [3.8, 4) is 5.75 Å². The summed E-state index contributed by atoms with van der Waals surface area (Å²) in [5, 5.41) is 11.0. The standard InChI is InChI=1S/C23H26N2O5/c1-3-13-30-18-9-7-16(8-10-18)21(26)19-20(17-6-4-11-24-15-17)25(12-5-14-29-2)23(28)22(19)27/h4,6-11,15,20,26H,3,5,12-14H2,1-2H3/b21-19+. The van der Waals surface area contributed by atoms with Crippen LogP contribution in [0.1, 0.15) is 36.9 Å². The molecule has 0 spiro atoms. The second kappa shape index (κ2) is 10.0. The van der Waals surface area contributed by atoms with Crippen molar-refractivity contribution in [1.82, 2.24) is 9.88 Å². The maximum absolute atomic E-state index is 12.9. The molecule has 2 aromatic rings. The molecule has 1 aromatic heterocycles. The van der Waals surface area contributed by atoms with Crippen LogP contribution in [0.3, 0.4) is 0 Å². The first-order valence-electron chi connectivity index (χ1n) is 9.99. The van der Waals surface area contributed by atoms with Crippen molar-refractivity contribution in [1.29, 1.82) is 0 Å². The zero-order valence-electron chi connectivity index (χ0n) is 17.2. The molecule has 1 aromatic carbocycles. The maximum atomic E-state index is 12.9. The van der Waals surface area contributed by atoms with Crippen molar-refractivity contribution in [2.24, 2.45) is 0 Å². The molecule has 3 rings (SSSR count). The molecule has 7 nitrogen and oxygen atoms in total. The number of benzene rings is 1. The van der Waals surface area contributed by atoms with Gasteiger partial charge in [-0.05, 0) is 48.7 Å². The number of likely N-dealkylation sites (tertiary alicyclic amines) is 1. The number of ketones is 1. The third-order valence-corrected chi connectivity index (χ3v) is 4.89. The number of amides is 1. The van der Waals surface area contributed by atoms with E-state index in [9.17, 15) is 14.7 Å². The van der Waals surface area contributed by atoms with Gasteiger partial charge in [0.15, 0.2) is 0 Å². The predicted octanol–water partition coefficient (Wildman–Crippen LogP) is 3.33. The third kappa shape index (κ3) is 4.52. The molecule has 1 saturated heterocycles. The number of ether oxygens (including phenoxy) is 2. The summed E-state index contributed by atoms with van der Waals surface area (Å²) in [6.07, 6.45) is 4.69. The number of hydrogen-bond donors (Lipinski definition) is 1. The SMILES string of the molecule is CCCOc1ccc(/C(O)=C2\C(=O)C(=O)N(CCCOC)C2c2cccnc2)cc1. The molecule has 2 heterocycles. The molecule has 158 valence electrons. The number of aromatic nitrogens is 1. The van der Waals surface area contributed by atoms with Crippen molar-refractivity contribution in [3.63, 3.8) is 0 Å². The highest BCUT2D eigenvalue weighted by Gasteiger charge is 2.45. The van der Waals surface area contributed by atoms with E-state index in [1.165, 1.54) is 4.90 Å². The Balaban J connectivity index is 2.00. The number of rotatable bonds is 9. The van der Waals surface area contributed by atoms with Gasteiger partial charge in [-0.1, -0.05) is 13.0 Å². The van der Waals surface area contributed by atoms with Crippen LogP contribution in [0.4, 0.5) is 0 Å². The van der Waals surface area contributed by atoms with E-state index < -0.39 is 17.7 Å². The van der Waals surface area contributed by atoms with Crippen LogP contribution in [0.2, 0.25) is 0 Å². The van der Waals surface area contributed by atoms with Gasteiger partial charge in [0, 0.05) is 38.2 Å². The van der Waals surface area contributed by atoms with E-state index in [0.29, 0.717) is 43.1 Å². The normalized spacial score (nSPS) is 18.1.